The van der Waals surface area contributed by atoms with Crippen molar-refractivity contribution in [2.45, 2.75) is 32.8 Å². The molecule has 0 saturated heterocycles. The van der Waals surface area contributed by atoms with E-state index in [2.05, 4.69) is 4.74 Å². The molecule has 4 heteroatoms. The van der Waals surface area contributed by atoms with E-state index in [1.165, 1.54) is 7.11 Å². The molecule has 0 aliphatic heterocycles. The lowest BCUT2D eigenvalue weighted by Crippen LogP contribution is -2.06. The van der Waals surface area contributed by atoms with Gasteiger partial charge in [-0.15, -0.1) is 0 Å². The van der Waals surface area contributed by atoms with Gasteiger partial charge < -0.3 is 9.47 Å². The molecule has 1 rings (SSSR count). The Morgan fingerprint density at radius 2 is 2.12 bits per heavy atom. The zero-order chi connectivity index (χ0) is 12.8. The van der Waals surface area contributed by atoms with Crippen molar-refractivity contribution in [3.63, 3.8) is 0 Å². The van der Waals surface area contributed by atoms with Gasteiger partial charge in [0.1, 0.15) is 5.75 Å². The van der Waals surface area contributed by atoms with Gasteiger partial charge in [-0.1, -0.05) is 17.7 Å². The Morgan fingerprint density at radius 3 is 2.65 bits per heavy atom. The molecule has 0 aliphatic rings. The number of esters is 1. The normalized spacial score (nSPS) is 10.4. The van der Waals surface area contributed by atoms with E-state index < -0.39 is 0 Å². The summed E-state index contributed by atoms with van der Waals surface area (Å²) < 4.78 is 10.1. The molecule has 0 amide bonds. The molecule has 3 nitrogen and oxygen atoms in total. The molecular formula is C13H17ClO3. The van der Waals surface area contributed by atoms with E-state index in [4.69, 9.17) is 16.3 Å². The van der Waals surface area contributed by atoms with Gasteiger partial charge in [0.05, 0.1) is 13.2 Å². The Balaban J connectivity index is 2.66. The zero-order valence-corrected chi connectivity index (χ0v) is 11.1. The Hall–Kier alpha value is -1.22. The fourth-order valence-electron chi connectivity index (χ4n) is 1.42. The van der Waals surface area contributed by atoms with Gasteiger partial charge in [-0.25, -0.2) is 0 Å². The molecule has 0 unspecified atom stereocenters. The molecule has 17 heavy (non-hydrogen) atoms. The monoisotopic (exact) mass is 256 g/mol. The standard InChI is InChI=1S/C13H17ClO3/c1-9(2)17-11-6-4-10(12(14)8-11)5-7-13(15)16-3/h4,6,8-9H,5,7H2,1-3H3. The number of hydrogen-bond donors (Lipinski definition) is 0. The summed E-state index contributed by atoms with van der Waals surface area (Å²) in [5, 5.41) is 0.618. The maximum Gasteiger partial charge on any atom is 0.305 e. The first-order valence-corrected chi connectivity index (χ1v) is 5.92. The van der Waals surface area contributed by atoms with Gasteiger partial charge in [0.2, 0.25) is 0 Å². The van der Waals surface area contributed by atoms with Crippen molar-refractivity contribution >= 4 is 17.6 Å². The molecule has 94 valence electrons. The van der Waals surface area contributed by atoms with Crippen LogP contribution in [0.1, 0.15) is 25.8 Å². The van der Waals surface area contributed by atoms with Gasteiger partial charge in [0.15, 0.2) is 0 Å². The highest BCUT2D eigenvalue weighted by Crippen LogP contribution is 2.24. The molecule has 0 bridgehead atoms. The van der Waals surface area contributed by atoms with Crippen LogP contribution in [0.4, 0.5) is 0 Å². The molecule has 0 heterocycles. The van der Waals surface area contributed by atoms with Crippen molar-refractivity contribution in [1.29, 1.82) is 0 Å². The second-order valence-electron chi connectivity index (χ2n) is 4.00. The molecular weight excluding hydrogens is 240 g/mol. The SMILES string of the molecule is COC(=O)CCc1ccc(OC(C)C)cc1Cl. The molecule has 1 aromatic rings. The lowest BCUT2D eigenvalue weighted by Gasteiger charge is -2.11. The molecule has 0 spiro atoms. The molecule has 0 aliphatic carbocycles. The van der Waals surface area contributed by atoms with Gasteiger partial charge in [-0.05, 0) is 38.0 Å². The van der Waals surface area contributed by atoms with Crippen LogP contribution in [0.5, 0.6) is 5.75 Å². The topological polar surface area (TPSA) is 35.5 Å². The van der Waals surface area contributed by atoms with Gasteiger partial charge in [0.25, 0.3) is 0 Å². The van der Waals surface area contributed by atoms with E-state index >= 15 is 0 Å². The number of carbonyl (C=O) groups excluding carboxylic acids is 1. The third-order valence-electron chi connectivity index (χ3n) is 2.22. The molecule has 0 N–H and O–H groups in total. The van der Waals surface area contributed by atoms with Crippen LogP contribution in [0.25, 0.3) is 0 Å². The number of methoxy groups -OCH3 is 1. The summed E-state index contributed by atoms with van der Waals surface area (Å²) in [5.41, 5.74) is 0.924. The summed E-state index contributed by atoms with van der Waals surface area (Å²) in [6.45, 7) is 3.91. The van der Waals surface area contributed by atoms with Crippen LogP contribution < -0.4 is 4.74 Å². The second-order valence-corrected chi connectivity index (χ2v) is 4.40. The lowest BCUT2D eigenvalue weighted by atomic mass is 10.1. The quantitative estimate of drug-likeness (QED) is 0.759. The van der Waals surface area contributed by atoms with Crippen molar-refractivity contribution < 1.29 is 14.3 Å². The maximum atomic E-state index is 11.0. The van der Waals surface area contributed by atoms with Crippen LogP contribution in [0.2, 0.25) is 5.02 Å². The number of carbonyl (C=O) groups is 1. The molecule has 0 atom stereocenters. The Bertz CT molecular complexity index is 388. The van der Waals surface area contributed by atoms with Crippen molar-refractivity contribution in [2.75, 3.05) is 7.11 Å². The van der Waals surface area contributed by atoms with Crippen molar-refractivity contribution in [1.82, 2.24) is 0 Å². The largest absolute Gasteiger partial charge is 0.491 e. The minimum Gasteiger partial charge on any atom is -0.491 e. The molecule has 0 fully saturated rings. The predicted molar refractivity (Wildman–Crippen MR) is 67.6 cm³/mol. The third kappa shape index (κ3) is 4.65. The van der Waals surface area contributed by atoms with Crippen LogP contribution in [0.15, 0.2) is 18.2 Å². The fourth-order valence-corrected chi connectivity index (χ4v) is 1.68. The Labute approximate surface area is 107 Å². The van der Waals surface area contributed by atoms with E-state index in [1.807, 2.05) is 26.0 Å². The molecule has 0 saturated carbocycles. The van der Waals surface area contributed by atoms with Gasteiger partial charge in [0, 0.05) is 11.4 Å². The van der Waals surface area contributed by atoms with Crippen LogP contribution in [0, 0.1) is 0 Å². The Morgan fingerprint density at radius 1 is 1.41 bits per heavy atom. The number of benzene rings is 1. The Kier molecular flexibility index (Phi) is 5.29. The summed E-state index contributed by atoms with van der Waals surface area (Å²) in [4.78, 5) is 11.0. The van der Waals surface area contributed by atoms with Crippen molar-refractivity contribution in [2.24, 2.45) is 0 Å². The molecule has 0 radical (unpaired) electrons. The van der Waals surface area contributed by atoms with Crippen molar-refractivity contribution in [3.8, 4) is 5.75 Å². The minimum atomic E-state index is -0.233. The van der Waals surface area contributed by atoms with E-state index in [1.54, 1.807) is 6.07 Å². The van der Waals surface area contributed by atoms with E-state index in [0.29, 0.717) is 17.9 Å². The summed E-state index contributed by atoms with van der Waals surface area (Å²) >= 11 is 6.11. The predicted octanol–water partition coefficient (Wildman–Crippen LogP) is 3.23. The lowest BCUT2D eigenvalue weighted by molar-refractivity contribution is -0.140. The van der Waals surface area contributed by atoms with Gasteiger partial charge >= 0.3 is 5.97 Å². The summed E-state index contributed by atoms with van der Waals surface area (Å²) in [6.07, 6.45) is 1.03. The minimum absolute atomic E-state index is 0.118. The fraction of sp³-hybridized carbons (Fsp3) is 0.462. The molecule has 0 aromatic heterocycles. The average Bonchev–Trinajstić information content (AvgIpc) is 2.26. The van der Waals surface area contributed by atoms with Gasteiger partial charge in [-0.3, -0.25) is 4.79 Å². The number of halogens is 1. The average molecular weight is 257 g/mol. The van der Waals surface area contributed by atoms with Crippen LogP contribution in [0.3, 0.4) is 0 Å². The third-order valence-corrected chi connectivity index (χ3v) is 2.57. The number of ether oxygens (including phenoxy) is 2. The summed E-state index contributed by atoms with van der Waals surface area (Å²) in [6, 6.07) is 5.51. The van der Waals surface area contributed by atoms with Crippen molar-refractivity contribution in [3.05, 3.63) is 28.8 Å². The number of hydrogen-bond acceptors (Lipinski definition) is 3. The first-order valence-electron chi connectivity index (χ1n) is 5.55. The second kappa shape index (κ2) is 6.50. The van der Waals surface area contributed by atoms with E-state index in [9.17, 15) is 4.79 Å². The highest BCUT2D eigenvalue weighted by atomic mass is 35.5. The van der Waals surface area contributed by atoms with E-state index in [-0.39, 0.29) is 12.1 Å². The smallest absolute Gasteiger partial charge is 0.305 e. The van der Waals surface area contributed by atoms with Crippen LogP contribution >= 0.6 is 11.6 Å². The first-order chi connectivity index (χ1) is 8.02. The van der Waals surface area contributed by atoms with Crippen LogP contribution in [-0.4, -0.2) is 19.2 Å². The summed E-state index contributed by atoms with van der Waals surface area (Å²) in [5.74, 6) is 0.510. The molecule has 1 aromatic carbocycles. The highest BCUT2D eigenvalue weighted by molar-refractivity contribution is 6.31. The highest BCUT2D eigenvalue weighted by Gasteiger charge is 2.07. The number of rotatable bonds is 5. The van der Waals surface area contributed by atoms with Crippen LogP contribution in [-0.2, 0) is 16.0 Å². The summed E-state index contributed by atoms with van der Waals surface area (Å²) in [7, 11) is 1.38. The zero-order valence-electron chi connectivity index (χ0n) is 10.3. The number of aryl methyl sites for hydroxylation is 1. The maximum absolute atomic E-state index is 11.0. The van der Waals surface area contributed by atoms with E-state index in [0.717, 1.165) is 11.3 Å². The first kappa shape index (κ1) is 13.8. The van der Waals surface area contributed by atoms with Gasteiger partial charge in [-0.2, -0.15) is 0 Å².